The monoisotopic (exact) mass is 414 g/mol. The number of carbonyl (C=O) groups excluding carboxylic acids is 3. The van der Waals surface area contributed by atoms with Crippen LogP contribution in [0.4, 0.5) is 0 Å². The van der Waals surface area contributed by atoms with Gasteiger partial charge < -0.3 is 15.5 Å². The van der Waals surface area contributed by atoms with E-state index in [2.05, 4.69) is 34.6 Å². The molecule has 0 unspecified atom stereocenters. The van der Waals surface area contributed by atoms with Gasteiger partial charge in [0.1, 0.15) is 0 Å². The summed E-state index contributed by atoms with van der Waals surface area (Å²) in [6.45, 7) is 5.72. The number of hydrogen-bond acceptors (Lipinski definition) is 5. The quantitative estimate of drug-likeness (QED) is 0.715. The summed E-state index contributed by atoms with van der Waals surface area (Å²) in [7, 11) is 0. The Balaban J connectivity index is 1.34. The summed E-state index contributed by atoms with van der Waals surface area (Å²) in [5.74, 6) is -0.758. The van der Waals surface area contributed by atoms with E-state index in [-0.39, 0.29) is 30.8 Å². The summed E-state index contributed by atoms with van der Waals surface area (Å²) in [5.41, 5.74) is 2.59. The summed E-state index contributed by atoms with van der Waals surface area (Å²) in [4.78, 5) is 40.7. The first-order chi connectivity index (χ1) is 14.0. The second-order valence-electron chi connectivity index (χ2n) is 7.02. The Bertz CT molecular complexity index is 845. The van der Waals surface area contributed by atoms with E-state index in [1.807, 2.05) is 12.1 Å². The number of piperazine rings is 1. The topological polar surface area (TPSA) is 81.8 Å². The van der Waals surface area contributed by atoms with E-state index in [1.54, 1.807) is 22.4 Å². The lowest BCUT2D eigenvalue weighted by molar-refractivity contribution is -0.134. The number of hydrogen-bond donors (Lipinski definition) is 2. The van der Waals surface area contributed by atoms with Gasteiger partial charge in [0.05, 0.1) is 18.0 Å². The molecule has 1 aromatic heterocycles. The number of benzene rings is 1. The highest BCUT2D eigenvalue weighted by atomic mass is 32.1. The molecule has 2 aromatic rings. The zero-order valence-electron chi connectivity index (χ0n) is 16.5. The number of carbonyl (C=O) groups is 3. The molecule has 1 aliphatic rings. The third-order valence-corrected chi connectivity index (χ3v) is 5.84. The van der Waals surface area contributed by atoms with E-state index in [0.717, 1.165) is 19.6 Å². The van der Waals surface area contributed by atoms with Crippen LogP contribution in [0, 0.1) is 6.92 Å². The standard InChI is InChI=1S/C21H26N4O3S/c1-16-5-2-3-6-17(16)15-24-8-10-25(11-9-24)20(27)14-22-19(26)13-23-21(28)18-7-4-12-29-18/h2-7,12H,8-11,13-15H2,1H3,(H,22,26)(H,23,28). The van der Waals surface area contributed by atoms with Crippen LogP contribution in [0.25, 0.3) is 0 Å². The van der Waals surface area contributed by atoms with Gasteiger partial charge in [-0.3, -0.25) is 19.3 Å². The molecule has 3 amide bonds. The van der Waals surface area contributed by atoms with Crippen LogP contribution in [-0.2, 0) is 16.1 Å². The van der Waals surface area contributed by atoms with Gasteiger partial charge in [0.15, 0.2) is 0 Å². The van der Waals surface area contributed by atoms with Gasteiger partial charge in [-0.2, -0.15) is 0 Å². The molecule has 29 heavy (non-hydrogen) atoms. The van der Waals surface area contributed by atoms with Crippen molar-refractivity contribution < 1.29 is 14.4 Å². The van der Waals surface area contributed by atoms with E-state index in [1.165, 1.54) is 22.5 Å². The fourth-order valence-corrected chi connectivity index (χ4v) is 3.83. The second kappa shape index (κ2) is 10.2. The maximum absolute atomic E-state index is 12.4. The summed E-state index contributed by atoms with van der Waals surface area (Å²) >= 11 is 1.31. The highest BCUT2D eigenvalue weighted by molar-refractivity contribution is 7.12. The summed E-state index contributed by atoms with van der Waals surface area (Å²) < 4.78 is 0. The normalized spacial score (nSPS) is 14.4. The van der Waals surface area contributed by atoms with Crippen LogP contribution in [0.15, 0.2) is 41.8 Å². The van der Waals surface area contributed by atoms with Crippen molar-refractivity contribution in [1.82, 2.24) is 20.4 Å². The molecule has 2 heterocycles. The number of rotatable bonds is 7. The number of thiophene rings is 1. The van der Waals surface area contributed by atoms with Crippen LogP contribution in [0.5, 0.6) is 0 Å². The molecule has 0 spiro atoms. The third kappa shape index (κ3) is 6.13. The Morgan fingerprint density at radius 1 is 0.966 bits per heavy atom. The van der Waals surface area contributed by atoms with Gasteiger partial charge in [0.2, 0.25) is 11.8 Å². The lowest BCUT2D eigenvalue weighted by Crippen LogP contribution is -2.51. The Kier molecular flexibility index (Phi) is 7.37. The van der Waals surface area contributed by atoms with Crippen molar-refractivity contribution in [2.24, 2.45) is 0 Å². The first-order valence-corrected chi connectivity index (χ1v) is 10.5. The van der Waals surface area contributed by atoms with Gasteiger partial charge in [-0.05, 0) is 29.5 Å². The van der Waals surface area contributed by atoms with Crippen LogP contribution in [0.1, 0.15) is 20.8 Å². The third-order valence-electron chi connectivity index (χ3n) is 4.97. The zero-order valence-corrected chi connectivity index (χ0v) is 17.3. The number of aryl methyl sites for hydroxylation is 1. The highest BCUT2D eigenvalue weighted by Crippen LogP contribution is 2.12. The smallest absolute Gasteiger partial charge is 0.261 e. The molecular formula is C21H26N4O3S. The fourth-order valence-electron chi connectivity index (χ4n) is 3.19. The van der Waals surface area contributed by atoms with Gasteiger partial charge in [0, 0.05) is 32.7 Å². The van der Waals surface area contributed by atoms with Gasteiger partial charge in [-0.25, -0.2) is 0 Å². The molecule has 0 saturated carbocycles. The lowest BCUT2D eigenvalue weighted by atomic mass is 10.1. The molecule has 1 aromatic carbocycles. The van der Waals surface area contributed by atoms with E-state index in [4.69, 9.17) is 0 Å². The molecule has 0 bridgehead atoms. The molecule has 8 heteroatoms. The Morgan fingerprint density at radius 2 is 1.72 bits per heavy atom. The zero-order chi connectivity index (χ0) is 20.6. The average molecular weight is 415 g/mol. The van der Waals surface area contributed by atoms with Crippen molar-refractivity contribution in [3.63, 3.8) is 0 Å². The van der Waals surface area contributed by atoms with Crippen molar-refractivity contribution >= 4 is 29.1 Å². The van der Waals surface area contributed by atoms with Crippen molar-refractivity contribution in [3.8, 4) is 0 Å². The van der Waals surface area contributed by atoms with Crippen molar-refractivity contribution in [2.45, 2.75) is 13.5 Å². The van der Waals surface area contributed by atoms with Crippen molar-refractivity contribution in [1.29, 1.82) is 0 Å². The highest BCUT2D eigenvalue weighted by Gasteiger charge is 2.21. The molecule has 1 saturated heterocycles. The molecule has 0 radical (unpaired) electrons. The predicted octanol–water partition coefficient (Wildman–Crippen LogP) is 1.25. The molecule has 1 fully saturated rings. The molecule has 154 valence electrons. The van der Waals surface area contributed by atoms with E-state index in [9.17, 15) is 14.4 Å². The van der Waals surface area contributed by atoms with Gasteiger partial charge in [0.25, 0.3) is 5.91 Å². The van der Waals surface area contributed by atoms with E-state index < -0.39 is 0 Å². The van der Waals surface area contributed by atoms with E-state index >= 15 is 0 Å². The minimum absolute atomic E-state index is 0.0501. The fraction of sp³-hybridized carbons (Fsp3) is 0.381. The van der Waals surface area contributed by atoms with Crippen molar-refractivity contribution in [3.05, 3.63) is 57.8 Å². The Morgan fingerprint density at radius 3 is 2.41 bits per heavy atom. The minimum Gasteiger partial charge on any atom is -0.345 e. The van der Waals surface area contributed by atoms with Crippen LogP contribution in [0.2, 0.25) is 0 Å². The molecule has 1 aliphatic heterocycles. The summed E-state index contributed by atoms with van der Waals surface area (Å²) in [5, 5.41) is 6.93. The number of nitrogens with zero attached hydrogens (tertiary/aromatic N) is 2. The average Bonchev–Trinajstić information content (AvgIpc) is 3.27. The first-order valence-electron chi connectivity index (χ1n) is 9.66. The van der Waals surface area contributed by atoms with Gasteiger partial charge >= 0.3 is 0 Å². The maximum atomic E-state index is 12.4. The molecule has 7 nitrogen and oxygen atoms in total. The molecule has 0 aliphatic carbocycles. The summed E-state index contributed by atoms with van der Waals surface area (Å²) in [6.07, 6.45) is 0. The van der Waals surface area contributed by atoms with Crippen LogP contribution in [-0.4, -0.2) is 66.8 Å². The van der Waals surface area contributed by atoms with Crippen LogP contribution < -0.4 is 10.6 Å². The Labute approximate surface area is 174 Å². The van der Waals surface area contributed by atoms with E-state index in [0.29, 0.717) is 18.0 Å². The van der Waals surface area contributed by atoms with Crippen LogP contribution in [0.3, 0.4) is 0 Å². The van der Waals surface area contributed by atoms with Gasteiger partial charge in [-0.1, -0.05) is 30.3 Å². The molecule has 0 atom stereocenters. The predicted molar refractivity (Wildman–Crippen MR) is 113 cm³/mol. The number of nitrogens with one attached hydrogen (secondary N) is 2. The second-order valence-corrected chi connectivity index (χ2v) is 7.97. The molecule has 3 rings (SSSR count). The minimum atomic E-state index is -0.374. The Hall–Kier alpha value is -2.71. The van der Waals surface area contributed by atoms with Crippen molar-refractivity contribution in [2.75, 3.05) is 39.3 Å². The molecule has 2 N–H and O–H groups in total. The maximum Gasteiger partial charge on any atom is 0.261 e. The SMILES string of the molecule is Cc1ccccc1CN1CCN(C(=O)CNC(=O)CNC(=O)c2cccs2)CC1. The molecular weight excluding hydrogens is 388 g/mol. The first kappa shape index (κ1) is 21.0. The summed E-state index contributed by atoms with van der Waals surface area (Å²) in [6, 6.07) is 11.8. The van der Waals surface area contributed by atoms with Gasteiger partial charge in [-0.15, -0.1) is 11.3 Å². The number of amides is 3. The lowest BCUT2D eigenvalue weighted by Gasteiger charge is -2.35. The largest absolute Gasteiger partial charge is 0.345 e. The van der Waals surface area contributed by atoms with Crippen LogP contribution >= 0.6 is 11.3 Å².